The molecular formula is C18H19ClF2N3O7P. The Labute approximate surface area is 185 Å². The van der Waals surface area contributed by atoms with Gasteiger partial charge in [-0.1, -0.05) is 23.7 Å². The molecule has 0 radical (unpaired) electrons. The number of aliphatic hydroxyl groups excluding tert-OH is 2. The monoisotopic (exact) mass is 493 g/mol. The van der Waals surface area contributed by atoms with Gasteiger partial charge >= 0.3 is 19.4 Å². The first-order valence-electron chi connectivity index (χ1n) is 9.51. The molecule has 3 N–H and O–H groups in total. The summed E-state index contributed by atoms with van der Waals surface area (Å²) in [6, 6.07) is 7.92. The van der Waals surface area contributed by atoms with E-state index in [4.69, 9.17) is 30.5 Å². The van der Waals surface area contributed by atoms with Crippen molar-refractivity contribution in [3.63, 3.8) is 0 Å². The van der Waals surface area contributed by atoms with E-state index >= 15 is 0 Å². The lowest BCUT2D eigenvalue weighted by Gasteiger charge is -2.30. The summed E-state index contributed by atoms with van der Waals surface area (Å²) < 4.78 is 57.8. The van der Waals surface area contributed by atoms with E-state index in [0.717, 1.165) is 12.3 Å². The number of alkyl halides is 2. The van der Waals surface area contributed by atoms with E-state index in [1.165, 1.54) is 0 Å². The van der Waals surface area contributed by atoms with Crippen molar-refractivity contribution in [3.8, 4) is 0 Å². The van der Waals surface area contributed by atoms with E-state index < -0.39 is 50.5 Å². The first-order valence-corrected chi connectivity index (χ1v) is 11.4. The summed E-state index contributed by atoms with van der Waals surface area (Å²) in [5.74, 6) is -4.08. The molecule has 32 heavy (non-hydrogen) atoms. The fraction of sp³-hybridized carbons (Fsp3) is 0.444. The minimum atomic E-state index is -3.94. The molecule has 1 aromatic carbocycles. The number of aromatic nitrogens is 2. The van der Waals surface area contributed by atoms with E-state index in [1.807, 2.05) is 0 Å². The Bertz CT molecular complexity index is 1100. The molecular weight excluding hydrogens is 475 g/mol. The zero-order valence-corrected chi connectivity index (χ0v) is 18.0. The van der Waals surface area contributed by atoms with Crippen LogP contribution in [0.4, 0.5) is 14.6 Å². The first kappa shape index (κ1) is 23.2. The highest BCUT2D eigenvalue weighted by Gasteiger charge is 2.59. The van der Waals surface area contributed by atoms with Crippen molar-refractivity contribution in [2.24, 2.45) is 0 Å². The summed E-state index contributed by atoms with van der Waals surface area (Å²) >= 11 is 5.99. The number of ether oxygens (including phenoxy) is 1. The fourth-order valence-electron chi connectivity index (χ4n) is 3.44. The molecule has 2 fully saturated rings. The van der Waals surface area contributed by atoms with Crippen LogP contribution in [0.1, 0.15) is 24.3 Å². The lowest BCUT2D eigenvalue weighted by Crippen LogP contribution is -2.41. The summed E-state index contributed by atoms with van der Waals surface area (Å²) in [6.45, 7) is -0.776. The second-order valence-electron chi connectivity index (χ2n) is 7.21. The molecule has 2 aliphatic heterocycles. The second kappa shape index (κ2) is 8.79. The van der Waals surface area contributed by atoms with Crippen molar-refractivity contribution in [1.29, 1.82) is 0 Å². The van der Waals surface area contributed by atoms with Gasteiger partial charge in [0.2, 0.25) is 6.23 Å². The van der Waals surface area contributed by atoms with E-state index in [9.17, 15) is 23.2 Å². The molecule has 0 saturated carbocycles. The van der Waals surface area contributed by atoms with Gasteiger partial charge in [-0.05, 0) is 23.8 Å². The number of nitrogens with zero attached hydrogens (tertiary/aromatic N) is 2. The van der Waals surface area contributed by atoms with Crippen molar-refractivity contribution in [1.82, 2.24) is 9.55 Å². The largest absolute Gasteiger partial charge is 0.434 e. The molecule has 4 rings (SSSR count). The van der Waals surface area contributed by atoms with Gasteiger partial charge in [0.1, 0.15) is 11.9 Å². The predicted molar refractivity (Wildman–Crippen MR) is 108 cm³/mol. The molecule has 0 amide bonds. The number of benzene rings is 1. The van der Waals surface area contributed by atoms with Crippen molar-refractivity contribution in [2.45, 2.75) is 36.9 Å². The molecule has 14 heteroatoms. The number of aliphatic hydroxyl groups is 2. The second-order valence-corrected chi connectivity index (χ2v) is 9.34. The lowest BCUT2D eigenvalue weighted by molar-refractivity contribution is -0.140. The standard InChI is InChI=1S/C18H19ClF2N3O7P/c19-11-3-1-2-10(8-11)12-5-7-29-32(28,31-12)23-14-4-6-24(17(27)22-14)16-18(20,21)15(26)13(9-25)30-16/h1-4,6,8,12-13,15-16,25-26H,5,7,9H2,(H,22,23,27,28)/t12?,13-,15?,16-,32?/m1/s1. The van der Waals surface area contributed by atoms with Gasteiger partial charge in [-0.25, -0.2) is 9.36 Å². The number of halogens is 3. The van der Waals surface area contributed by atoms with Crippen molar-refractivity contribution in [2.75, 3.05) is 18.3 Å². The van der Waals surface area contributed by atoms with Crippen LogP contribution in [0.15, 0.2) is 41.3 Å². The zero-order valence-electron chi connectivity index (χ0n) is 16.3. The molecule has 2 aromatic rings. The van der Waals surface area contributed by atoms with E-state index in [0.29, 0.717) is 21.6 Å². The van der Waals surface area contributed by atoms with Crippen LogP contribution in [0.5, 0.6) is 0 Å². The number of rotatable bonds is 5. The first-order chi connectivity index (χ1) is 15.1. The third kappa shape index (κ3) is 4.44. The van der Waals surface area contributed by atoms with Crippen LogP contribution in [-0.2, 0) is 18.3 Å². The van der Waals surface area contributed by atoms with Crippen LogP contribution in [-0.4, -0.2) is 51.1 Å². The molecule has 10 nitrogen and oxygen atoms in total. The Hall–Kier alpha value is -1.92. The summed E-state index contributed by atoms with van der Waals surface area (Å²) in [4.78, 5) is 16.0. The summed E-state index contributed by atoms with van der Waals surface area (Å²) in [5.41, 5.74) is -0.482. The third-order valence-corrected chi connectivity index (χ3v) is 6.81. The van der Waals surface area contributed by atoms with Gasteiger partial charge in [0.25, 0.3) is 0 Å². The quantitative estimate of drug-likeness (QED) is 0.537. The zero-order chi connectivity index (χ0) is 23.1. The SMILES string of the molecule is O=c1nc(NP2(=O)OCCC(c3cccc(Cl)c3)O2)ccn1[C@@H]1O[C@H](CO)C(O)C1(F)F. The van der Waals surface area contributed by atoms with Crippen LogP contribution in [0.25, 0.3) is 0 Å². The normalized spacial score (nSPS) is 32.0. The van der Waals surface area contributed by atoms with Crippen LogP contribution in [0.3, 0.4) is 0 Å². The molecule has 0 bridgehead atoms. The number of hydrogen-bond donors (Lipinski definition) is 3. The van der Waals surface area contributed by atoms with E-state index in [1.54, 1.807) is 24.3 Å². The molecule has 0 aliphatic carbocycles. The van der Waals surface area contributed by atoms with E-state index in [2.05, 4.69) is 10.1 Å². The van der Waals surface area contributed by atoms with Crippen molar-refractivity contribution in [3.05, 3.63) is 57.6 Å². The molecule has 5 atom stereocenters. The molecule has 2 aliphatic rings. The minimum absolute atomic E-state index is 0.0844. The highest BCUT2D eigenvalue weighted by Crippen LogP contribution is 2.55. The molecule has 174 valence electrons. The Morgan fingerprint density at radius 1 is 1.38 bits per heavy atom. The Kier molecular flexibility index (Phi) is 6.38. The molecule has 0 spiro atoms. The molecule has 1 aromatic heterocycles. The van der Waals surface area contributed by atoms with Crippen molar-refractivity contribution >= 4 is 25.2 Å². The number of hydrogen-bond acceptors (Lipinski definition) is 8. The highest BCUT2D eigenvalue weighted by molar-refractivity contribution is 7.55. The van der Waals surface area contributed by atoms with Gasteiger partial charge in [-0.2, -0.15) is 13.8 Å². The van der Waals surface area contributed by atoms with Gasteiger partial charge in [-0.3, -0.25) is 18.7 Å². The topological polar surface area (TPSA) is 132 Å². The van der Waals surface area contributed by atoms with Gasteiger partial charge in [0.15, 0.2) is 6.10 Å². The Balaban J connectivity index is 1.52. The van der Waals surface area contributed by atoms with Gasteiger partial charge < -0.3 is 14.9 Å². The predicted octanol–water partition coefficient (Wildman–Crippen LogP) is 2.48. The summed E-state index contributed by atoms with van der Waals surface area (Å²) in [5, 5.41) is 21.6. The van der Waals surface area contributed by atoms with Crippen LogP contribution in [0, 0.1) is 0 Å². The van der Waals surface area contributed by atoms with Crippen molar-refractivity contribution < 1.29 is 37.3 Å². The van der Waals surface area contributed by atoms with Crippen LogP contribution >= 0.6 is 19.3 Å². The van der Waals surface area contributed by atoms with Crippen LogP contribution < -0.4 is 10.8 Å². The smallest absolute Gasteiger partial charge is 0.394 e. The van der Waals surface area contributed by atoms with Gasteiger partial charge in [-0.15, -0.1) is 0 Å². The molecule has 2 saturated heterocycles. The van der Waals surface area contributed by atoms with Gasteiger partial charge in [0, 0.05) is 17.6 Å². The average molecular weight is 494 g/mol. The number of anilines is 1. The maximum Gasteiger partial charge on any atom is 0.434 e. The van der Waals surface area contributed by atoms with Gasteiger partial charge in [0.05, 0.1) is 19.3 Å². The maximum absolute atomic E-state index is 14.3. The molecule has 3 heterocycles. The Morgan fingerprint density at radius 2 is 2.16 bits per heavy atom. The number of nitrogens with one attached hydrogen (secondary N) is 1. The fourth-order valence-corrected chi connectivity index (χ4v) is 5.13. The minimum Gasteiger partial charge on any atom is -0.394 e. The summed E-state index contributed by atoms with van der Waals surface area (Å²) in [7, 11) is -3.94. The lowest BCUT2D eigenvalue weighted by atomic mass is 10.1. The molecule has 3 unspecified atom stereocenters. The average Bonchev–Trinajstić information content (AvgIpc) is 2.97. The Morgan fingerprint density at radius 3 is 2.81 bits per heavy atom. The maximum atomic E-state index is 14.3. The van der Waals surface area contributed by atoms with Crippen LogP contribution in [0.2, 0.25) is 5.02 Å². The van der Waals surface area contributed by atoms with E-state index in [-0.39, 0.29) is 12.4 Å². The third-order valence-electron chi connectivity index (χ3n) is 5.02. The highest BCUT2D eigenvalue weighted by atomic mass is 35.5. The summed E-state index contributed by atoms with van der Waals surface area (Å²) in [6.07, 6.45) is -5.29.